The van der Waals surface area contributed by atoms with Gasteiger partial charge in [0.2, 0.25) is 0 Å². The van der Waals surface area contributed by atoms with Gasteiger partial charge in [-0.3, -0.25) is 0 Å². The van der Waals surface area contributed by atoms with E-state index in [9.17, 15) is 4.79 Å². The first-order valence-corrected chi connectivity index (χ1v) is 8.63. The summed E-state index contributed by atoms with van der Waals surface area (Å²) in [6, 6.07) is 2.05. The van der Waals surface area contributed by atoms with E-state index in [1.165, 1.54) is 5.56 Å². The Labute approximate surface area is 137 Å². The Bertz CT molecular complexity index is 669. The molecule has 2 aliphatic carbocycles. The second kappa shape index (κ2) is 5.12. The number of cyclic esters (lactones) is 1. The number of carbonyl (C=O) groups is 1. The van der Waals surface area contributed by atoms with E-state index >= 15 is 0 Å². The summed E-state index contributed by atoms with van der Waals surface area (Å²) >= 11 is 0. The lowest BCUT2D eigenvalue weighted by molar-refractivity contribution is -0.135. The van der Waals surface area contributed by atoms with Crippen molar-refractivity contribution in [2.45, 2.75) is 39.5 Å². The molecule has 3 nitrogen and oxygen atoms in total. The van der Waals surface area contributed by atoms with E-state index in [2.05, 4.69) is 32.1 Å². The maximum Gasteiger partial charge on any atom is 0.334 e. The number of hydrogen-bond acceptors (Lipinski definition) is 3. The van der Waals surface area contributed by atoms with Gasteiger partial charge in [0.15, 0.2) is 0 Å². The number of furan rings is 1. The molecule has 1 saturated carbocycles. The van der Waals surface area contributed by atoms with E-state index in [1.54, 1.807) is 6.26 Å². The predicted octanol–water partition coefficient (Wildman–Crippen LogP) is 4.30. The number of aryl methyl sites for hydroxylation is 1. The molecule has 0 amide bonds. The van der Waals surface area contributed by atoms with Crippen LogP contribution in [0.15, 0.2) is 46.8 Å². The van der Waals surface area contributed by atoms with Crippen molar-refractivity contribution in [1.82, 2.24) is 0 Å². The Morgan fingerprint density at radius 1 is 1.39 bits per heavy atom. The molecule has 1 aliphatic heterocycles. The lowest BCUT2D eigenvalue weighted by atomic mass is 9.48. The summed E-state index contributed by atoms with van der Waals surface area (Å²) in [6.07, 6.45) is 14.3. The molecule has 0 bridgehead atoms. The van der Waals surface area contributed by atoms with Crippen LogP contribution in [0.2, 0.25) is 0 Å². The van der Waals surface area contributed by atoms with Crippen LogP contribution in [0.1, 0.15) is 38.7 Å². The molecule has 0 radical (unpaired) electrons. The summed E-state index contributed by atoms with van der Waals surface area (Å²) in [6.45, 7) is 5.33. The summed E-state index contributed by atoms with van der Waals surface area (Å²) in [7, 11) is 0. The molecule has 1 saturated heterocycles. The van der Waals surface area contributed by atoms with Gasteiger partial charge in [0, 0.05) is 11.0 Å². The predicted molar refractivity (Wildman–Crippen MR) is 87.6 cm³/mol. The quantitative estimate of drug-likeness (QED) is 0.781. The smallest absolute Gasteiger partial charge is 0.334 e. The van der Waals surface area contributed by atoms with Crippen LogP contribution in [0, 0.1) is 22.7 Å². The fraction of sp³-hybridized carbons (Fsp3) is 0.550. The minimum Gasteiger partial charge on any atom is -0.472 e. The summed E-state index contributed by atoms with van der Waals surface area (Å²) in [5.74, 6) is 0.896. The van der Waals surface area contributed by atoms with Gasteiger partial charge in [-0.15, -0.1) is 0 Å². The van der Waals surface area contributed by atoms with Crippen LogP contribution in [0.3, 0.4) is 0 Å². The molecule has 4 atom stereocenters. The first-order chi connectivity index (χ1) is 11.1. The topological polar surface area (TPSA) is 39.4 Å². The molecular formula is C20H24O3. The Morgan fingerprint density at radius 2 is 2.26 bits per heavy atom. The lowest BCUT2D eigenvalue weighted by Crippen LogP contribution is -2.50. The third kappa shape index (κ3) is 2.05. The monoisotopic (exact) mass is 312 g/mol. The Kier molecular flexibility index (Phi) is 3.29. The number of rotatable bonds is 3. The molecule has 1 aromatic heterocycles. The molecule has 2 heterocycles. The van der Waals surface area contributed by atoms with Crippen molar-refractivity contribution in [2.75, 3.05) is 6.61 Å². The van der Waals surface area contributed by atoms with Crippen LogP contribution in [-0.2, 0) is 16.0 Å². The van der Waals surface area contributed by atoms with Gasteiger partial charge >= 0.3 is 5.97 Å². The lowest BCUT2D eigenvalue weighted by Gasteiger charge is -2.55. The van der Waals surface area contributed by atoms with Crippen LogP contribution >= 0.6 is 0 Å². The minimum absolute atomic E-state index is 0.0938. The first kappa shape index (κ1) is 14.8. The Hall–Kier alpha value is -1.77. The normalized spacial score (nSPS) is 38.7. The largest absolute Gasteiger partial charge is 0.472 e. The van der Waals surface area contributed by atoms with Crippen LogP contribution in [0.4, 0.5) is 0 Å². The highest BCUT2D eigenvalue weighted by atomic mass is 16.5. The van der Waals surface area contributed by atoms with Crippen molar-refractivity contribution in [3.63, 3.8) is 0 Å². The second-order valence-electron chi connectivity index (χ2n) is 7.75. The molecule has 0 unspecified atom stereocenters. The molecule has 3 aliphatic rings. The highest BCUT2D eigenvalue weighted by Crippen LogP contribution is 2.62. The van der Waals surface area contributed by atoms with E-state index in [4.69, 9.17) is 9.15 Å². The highest BCUT2D eigenvalue weighted by molar-refractivity contribution is 5.93. The van der Waals surface area contributed by atoms with Gasteiger partial charge < -0.3 is 9.15 Å². The van der Waals surface area contributed by atoms with Gasteiger partial charge in [0.05, 0.1) is 12.5 Å². The molecule has 0 N–H and O–H groups in total. The summed E-state index contributed by atoms with van der Waals surface area (Å²) in [5.41, 5.74) is 2.24. The number of esters is 1. The van der Waals surface area contributed by atoms with Crippen LogP contribution < -0.4 is 0 Å². The maximum absolute atomic E-state index is 12.2. The van der Waals surface area contributed by atoms with Crippen LogP contribution in [-0.4, -0.2) is 12.6 Å². The molecule has 2 fully saturated rings. The van der Waals surface area contributed by atoms with Crippen molar-refractivity contribution in [2.24, 2.45) is 22.7 Å². The zero-order chi connectivity index (χ0) is 16.1. The standard InChI is InChI=1S/C20H24O3/c1-14-6-10-20-13-23-18(21)16(20)4-3-5-17(20)19(14,2)9-7-15-8-11-22-12-15/h3-5,8,11-12,14,17H,6-7,9-10,13H2,1-2H3/t14-,17-,19+,20-/m1/s1. The average molecular weight is 312 g/mol. The average Bonchev–Trinajstić information content (AvgIpc) is 3.18. The van der Waals surface area contributed by atoms with Crippen molar-refractivity contribution >= 4 is 5.97 Å². The molecule has 23 heavy (non-hydrogen) atoms. The highest BCUT2D eigenvalue weighted by Gasteiger charge is 2.59. The van der Waals surface area contributed by atoms with E-state index in [0.717, 1.165) is 31.3 Å². The van der Waals surface area contributed by atoms with Gasteiger partial charge in [-0.25, -0.2) is 4.79 Å². The minimum atomic E-state index is -0.105. The summed E-state index contributed by atoms with van der Waals surface area (Å²) in [5, 5.41) is 0. The van der Waals surface area contributed by atoms with Gasteiger partial charge in [0.1, 0.15) is 6.61 Å². The Morgan fingerprint density at radius 3 is 3.04 bits per heavy atom. The van der Waals surface area contributed by atoms with Crippen molar-refractivity contribution in [1.29, 1.82) is 0 Å². The van der Waals surface area contributed by atoms with E-state index in [0.29, 0.717) is 18.4 Å². The third-order valence-corrected chi connectivity index (χ3v) is 6.77. The van der Waals surface area contributed by atoms with E-state index in [-0.39, 0.29) is 16.8 Å². The third-order valence-electron chi connectivity index (χ3n) is 6.77. The summed E-state index contributed by atoms with van der Waals surface area (Å²) in [4.78, 5) is 12.2. The molecule has 4 rings (SSSR count). The van der Waals surface area contributed by atoms with Crippen molar-refractivity contribution < 1.29 is 13.9 Å². The second-order valence-corrected chi connectivity index (χ2v) is 7.75. The van der Waals surface area contributed by atoms with Gasteiger partial charge in [0.25, 0.3) is 0 Å². The zero-order valence-corrected chi connectivity index (χ0v) is 13.9. The number of hydrogen-bond donors (Lipinski definition) is 0. The number of carbonyl (C=O) groups excluding carboxylic acids is 1. The fourth-order valence-electron chi connectivity index (χ4n) is 5.07. The molecular weight excluding hydrogens is 288 g/mol. The summed E-state index contributed by atoms with van der Waals surface area (Å²) < 4.78 is 10.7. The molecule has 1 spiro atoms. The van der Waals surface area contributed by atoms with Crippen LogP contribution in [0.25, 0.3) is 0 Å². The van der Waals surface area contributed by atoms with E-state index < -0.39 is 0 Å². The van der Waals surface area contributed by atoms with Gasteiger partial charge in [-0.2, -0.15) is 0 Å². The van der Waals surface area contributed by atoms with E-state index in [1.807, 2.05) is 12.3 Å². The Balaban J connectivity index is 1.67. The number of allylic oxidation sites excluding steroid dienone is 3. The molecule has 0 aromatic carbocycles. The van der Waals surface area contributed by atoms with Crippen molar-refractivity contribution in [3.8, 4) is 0 Å². The molecule has 1 aromatic rings. The fourth-order valence-corrected chi connectivity index (χ4v) is 5.07. The first-order valence-electron chi connectivity index (χ1n) is 8.63. The van der Waals surface area contributed by atoms with Gasteiger partial charge in [-0.05, 0) is 54.6 Å². The zero-order valence-electron chi connectivity index (χ0n) is 13.9. The SMILES string of the molecule is C[C@@H]1CC[C@@]23COC(=O)C2=CC=C[C@@H]3[C@@]1(C)CCc1ccoc1. The van der Waals surface area contributed by atoms with Gasteiger partial charge in [-0.1, -0.05) is 32.1 Å². The molecule has 122 valence electrons. The van der Waals surface area contributed by atoms with Crippen LogP contribution in [0.5, 0.6) is 0 Å². The number of ether oxygens (including phenoxy) is 1. The van der Waals surface area contributed by atoms with Crippen molar-refractivity contribution in [3.05, 3.63) is 48.0 Å². The molecule has 3 heteroatoms. The maximum atomic E-state index is 12.2.